The molecule has 0 aromatic carbocycles. The molecule has 1 unspecified atom stereocenters. The highest BCUT2D eigenvalue weighted by molar-refractivity contribution is 6.06. The van der Waals surface area contributed by atoms with E-state index in [2.05, 4.69) is 5.32 Å². The summed E-state index contributed by atoms with van der Waals surface area (Å²) in [5, 5.41) is 11.2. The number of carboxylic acid groups (broad SMARTS) is 1. The first-order valence-electron chi connectivity index (χ1n) is 5.88. The molecule has 2 amide bonds. The molecule has 6 heteroatoms. The number of rotatable bonds is 3. The standard InChI is InChI=1S/C12H20N2O4/c1-7(6-8(15)16)14-11(2,3)9(17)13-10(18)12(14,4)5/h7H,6H2,1-5H3,(H,15,16)(H,13,17,18). The Balaban J connectivity index is 3.18. The maximum absolute atomic E-state index is 11.9. The zero-order valence-corrected chi connectivity index (χ0v) is 11.4. The normalized spacial score (nSPS) is 24.5. The van der Waals surface area contributed by atoms with Crippen LogP contribution >= 0.6 is 0 Å². The highest BCUT2D eigenvalue weighted by atomic mass is 16.4. The number of nitrogens with one attached hydrogen (secondary N) is 1. The number of hydrogen-bond donors (Lipinski definition) is 2. The van der Waals surface area contributed by atoms with Gasteiger partial charge in [-0.15, -0.1) is 0 Å². The molecule has 1 fully saturated rings. The van der Waals surface area contributed by atoms with E-state index in [1.165, 1.54) is 0 Å². The Morgan fingerprint density at radius 2 is 1.61 bits per heavy atom. The number of aliphatic carboxylic acids is 1. The molecule has 0 aliphatic carbocycles. The lowest BCUT2D eigenvalue weighted by Crippen LogP contribution is -2.74. The van der Waals surface area contributed by atoms with Crippen LogP contribution < -0.4 is 5.32 Å². The second-order valence-corrected chi connectivity index (χ2v) is 5.72. The lowest BCUT2D eigenvalue weighted by Gasteiger charge is -2.52. The van der Waals surface area contributed by atoms with E-state index < -0.39 is 34.9 Å². The number of imide groups is 1. The number of amides is 2. The predicted octanol–water partition coefficient (Wildman–Crippen LogP) is 0.365. The number of carbonyl (C=O) groups excluding carboxylic acids is 2. The van der Waals surface area contributed by atoms with E-state index >= 15 is 0 Å². The first-order chi connectivity index (χ1) is 8.01. The number of piperazine rings is 1. The maximum Gasteiger partial charge on any atom is 0.304 e. The van der Waals surface area contributed by atoms with Crippen LogP contribution in [0.5, 0.6) is 0 Å². The molecule has 1 heterocycles. The van der Waals surface area contributed by atoms with Gasteiger partial charge in [-0.1, -0.05) is 0 Å². The van der Waals surface area contributed by atoms with E-state index in [4.69, 9.17) is 5.11 Å². The first kappa shape index (κ1) is 14.6. The van der Waals surface area contributed by atoms with Crippen molar-refractivity contribution in [1.82, 2.24) is 10.2 Å². The molecule has 102 valence electrons. The van der Waals surface area contributed by atoms with Crippen molar-refractivity contribution in [2.75, 3.05) is 0 Å². The monoisotopic (exact) mass is 256 g/mol. The average Bonchev–Trinajstić information content (AvgIpc) is 2.12. The van der Waals surface area contributed by atoms with Gasteiger partial charge in [0, 0.05) is 6.04 Å². The third kappa shape index (κ3) is 2.25. The average molecular weight is 256 g/mol. The molecular weight excluding hydrogens is 236 g/mol. The largest absolute Gasteiger partial charge is 0.481 e. The summed E-state index contributed by atoms with van der Waals surface area (Å²) in [6.07, 6.45) is -0.118. The minimum atomic E-state index is -0.951. The van der Waals surface area contributed by atoms with Gasteiger partial charge in [-0.3, -0.25) is 24.6 Å². The van der Waals surface area contributed by atoms with Gasteiger partial charge in [0.15, 0.2) is 0 Å². The van der Waals surface area contributed by atoms with Crippen LogP contribution in [0.4, 0.5) is 0 Å². The summed E-state index contributed by atoms with van der Waals surface area (Å²) in [6.45, 7) is 8.47. The molecular formula is C12H20N2O4. The van der Waals surface area contributed by atoms with Gasteiger partial charge in [-0.05, 0) is 34.6 Å². The predicted molar refractivity (Wildman–Crippen MR) is 64.9 cm³/mol. The van der Waals surface area contributed by atoms with Gasteiger partial charge in [0.1, 0.15) is 0 Å². The van der Waals surface area contributed by atoms with Gasteiger partial charge in [-0.2, -0.15) is 0 Å². The fourth-order valence-corrected chi connectivity index (χ4v) is 2.77. The summed E-state index contributed by atoms with van der Waals surface area (Å²) in [5.41, 5.74) is -1.85. The molecule has 0 aromatic heterocycles. The summed E-state index contributed by atoms with van der Waals surface area (Å²) in [6, 6.07) is -0.414. The molecule has 18 heavy (non-hydrogen) atoms. The Morgan fingerprint density at radius 3 is 1.94 bits per heavy atom. The number of carbonyl (C=O) groups is 3. The minimum absolute atomic E-state index is 0.118. The third-order valence-electron chi connectivity index (χ3n) is 3.45. The van der Waals surface area contributed by atoms with Crippen LogP contribution in [0.1, 0.15) is 41.0 Å². The van der Waals surface area contributed by atoms with Gasteiger partial charge >= 0.3 is 5.97 Å². The van der Waals surface area contributed by atoms with Crippen molar-refractivity contribution >= 4 is 17.8 Å². The van der Waals surface area contributed by atoms with E-state index in [-0.39, 0.29) is 6.42 Å². The second-order valence-electron chi connectivity index (χ2n) is 5.72. The van der Waals surface area contributed by atoms with Crippen molar-refractivity contribution in [3.8, 4) is 0 Å². The van der Waals surface area contributed by atoms with Crippen LogP contribution in [0.2, 0.25) is 0 Å². The van der Waals surface area contributed by atoms with Crippen molar-refractivity contribution in [2.45, 2.75) is 58.2 Å². The first-order valence-corrected chi connectivity index (χ1v) is 5.88. The van der Waals surface area contributed by atoms with Gasteiger partial charge < -0.3 is 5.11 Å². The molecule has 0 saturated carbocycles. The molecule has 0 radical (unpaired) electrons. The minimum Gasteiger partial charge on any atom is -0.481 e. The van der Waals surface area contributed by atoms with Crippen molar-refractivity contribution in [3.05, 3.63) is 0 Å². The molecule has 0 aromatic rings. The Bertz CT molecular complexity index is 375. The SMILES string of the molecule is CC(CC(=O)O)N1C(C)(C)C(=O)NC(=O)C1(C)C. The summed E-state index contributed by atoms with van der Waals surface area (Å²) in [5.74, 6) is -1.75. The molecule has 1 rings (SSSR count). The number of carboxylic acids is 1. The van der Waals surface area contributed by atoms with Crippen molar-refractivity contribution in [2.24, 2.45) is 0 Å². The Kier molecular flexibility index (Phi) is 3.53. The summed E-state index contributed by atoms with van der Waals surface area (Å²) >= 11 is 0. The van der Waals surface area contributed by atoms with Crippen molar-refractivity contribution in [1.29, 1.82) is 0 Å². The molecule has 1 aliphatic rings. The van der Waals surface area contributed by atoms with Crippen LogP contribution in [0.3, 0.4) is 0 Å². The molecule has 2 N–H and O–H groups in total. The van der Waals surface area contributed by atoms with E-state index in [0.717, 1.165) is 0 Å². The topological polar surface area (TPSA) is 86.7 Å². The number of hydrogen-bond acceptors (Lipinski definition) is 4. The van der Waals surface area contributed by atoms with Crippen LogP contribution in [0.15, 0.2) is 0 Å². The van der Waals surface area contributed by atoms with Gasteiger partial charge in [0.05, 0.1) is 17.5 Å². The van der Waals surface area contributed by atoms with Crippen LogP contribution in [-0.2, 0) is 14.4 Å². The Morgan fingerprint density at radius 1 is 1.22 bits per heavy atom. The highest BCUT2D eigenvalue weighted by Gasteiger charge is 2.53. The smallest absolute Gasteiger partial charge is 0.304 e. The van der Waals surface area contributed by atoms with Crippen LogP contribution in [0.25, 0.3) is 0 Å². The van der Waals surface area contributed by atoms with E-state index in [1.807, 2.05) is 0 Å². The summed E-state index contributed by atoms with van der Waals surface area (Å²) < 4.78 is 0. The summed E-state index contributed by atoms with van der Waals surface area (Å²) in [7, 11) is 0. The zero-order chi connectivity index (χ0) is 14.3. The van der Waals surface area contributed by atoms with Crippen molar-refractivity contribution in [3.63, 3.8) is 0 Å². The van der Waals surface area contributed by atoms with Gasteiger partial charge in [0.25, 0.3) is 0 Å². The maximum atomic E-state index is 11.9. The molecule has 1 aliphatic heterocycles. The molecule has 0 spiro atoms. The highest BCUT2D eigenvalue weighted by Crippen LogP contribution is 2.33. The lowest BCUT2D eigenvalue weighted by atomic mass is 9.85. The Hall–Kier alpha value is -1.43. The molecule has 6 nitrogen and oxygen atoms in total. The fourth-order valence-electron chi connectivity index (χ4n) is 2.77. The van der Waals surface area contributed by atoms with E-state index in [1.54, 1.807) is 39.5 Å². The van der Waals surface area contributed by atoms with E-state index in [0.29, 0.717) is 0 Å². The lowest BCUT2D eigenvalue weighted by molar-refractivity contribution is -0.163. The number of nitrogens with zero attached hydrogens (tertiary/aromatic N) is 1. The molecule has 0 bridgehead atoms. The van der Waals surface area contributed by atoms with Crippen LogP contribution in [0, 0.1) is 0 Å². The molecule has 1 saturated heterocycles. The quantitative estimate of drug-likeness (QED) is 0.712. The van der Waals surface area contributed by atoms with Crippen LogP contribution in [-0.4, -0.2) is 44.9 Å². The second kappa shape index (κ2) is 4.35. The van der Waals surface area contributed by atoms with E-state index in [9.17, 15) is 14.4 Å². The Labute approximate surface area is 106 Å². The fraction of sp³-hybridized carbons (Fsp3) is 0.750. The molecule has 1 atom stereocenters. The van der Waals surface area contributed by atoms with Crippen molar-refractivity contribution < 1.29 is 19.5 Å². The third-order valence-corrected chi connectivity index (χ3v) is 3.45. The van der Waals surface area contributed by atoms with Gasteiger partial charge in [-0.25, -0.2) is 0 Å². The zero-order valence-electron chi connectivity index (χ0n) is 11.4. The van der Waals surface area contributed by atoms with Gasteiger partial charge in [0.2, 0.25) is 11.8 Å². The summed E-state index contributed by atoms with van der Waals surface area (Å²) in [4.78, 5) is 36.3.